The fraction of sp³-hybridized carbons (Fsp3) is 0.875. The summed E-state index contributed by atoms with van der Waals surface area (Å²) in [5.41, 5.74) is -5.65. The van der Waals surface area contributed by atoms with E-state index in [9.17, 15) is 18.0 Å². The highest BCUT2D eigenvalue weighted by Gasteiger charge is 2.36. The molecule has 0 aromatic heterocycles. The molecule has 0 aliphatic heterocycles. The SMILES string of the molecule is CC[S+](CC)CC(C)=O.O=S(=O)([O-])C(F)(F)F. The first-order valence-electron chi connectivity index (χ1n) is 4.61. The molecule has 0 fully saturated rings. The summed E-state index contributed by atoms with van der Waals surface area (Å²) in [5, 5.41) is 0. The normalized spacial score (nSPS) is 12.0. The maximum absolute atomic E-state index is 10.7. The van der Waals surface area contributed by atoms with Gasteiger partial charge in [-0.2, -0.15) is 13.2 Å². The lowest BCUT2D eigenvalue weighted by atomic mass is 10.5. The van der Waals surface area contributed by atoms with Crippen molar-refractivity contribution in [3.8, 4) is 0 Å². The average Bonchev–Trinajstić information content (AvgIpc) is 2.11. The molecule has 0 heterocycles. The summed E-state index contributed by atoms with van der Waals surface area (Å²) in [6, 6.07) is 0. The third-order valence-electron chi connectivity index (χ3n) is 1.51. The maximum atomic E-state index is 10.7. The van der Waals surface area contributed by atoms with Crippen LogP contribution in [-0.4, -0.2) is 41.5 Å². The van der Waals surface area contributed by atoms with Gasteiger partial charge in [-0.1, -0.05) is 0 Å². The Morgan fingerprint density at radius 1 is 1.24 bits per heavy atom. The quantitative estimate of drug-likeness (QED) is 0.445. The lowest BCUT2D eigenvalue weighted by Gasteiger charge is -2.08. The van der Waals surface area contributed by atoms with E-state index in [1.165, 1.54) is 0 Å². The van der Waals surface area contributed by atoms with Crippen molar-refractivity contribution in [2.45, 2.75) is 26.3 Å². The number of alkyl halides is 3. The molecule has 0 aromatic rings. The van der Waals surface area contributed by atoms with E-state index in [0.29, 0.717) is 16.7 Å². The van der Waals surface area contributed by atoms with Crippen molar-refractivity contribution in [3.05, 3.63) is 0 Å². The van der Waals surface area contributed by atoms with Gasteiger partial charge in [-0.25, -0.2) is 8.42 Å². The number of rotatable bonds is 4. The van der Waals surface area contributed by atoms with Crippen molar-refractivity contribution in [3.63, 3.8) is 0 Å². The van der Waals surface area contributed by atoms with Gasteiger partial charge in [0.2, 0.25) is 0 Å². The number of carbonyl (C=O) groups excluding carboxylic acids is 1. The molecule has 0 radical (unpaired) electrons. The zero-order chi connectivity index (χ0) is 14.3. The van der Waals surface area contributed by atoms with Crippen LogP contribution in [0.25, 0.3) is 0 Å². The predicted molar refractivity (Wildman–Crippen MR) is 59.7 cm³/mol. The minimum atomic E-state index is -6.09. The van der Waals surface area contributed by atoms with E-state index >= 15 is 0 Å². The smallest absolute Gasteiger partial charge is 0.485 e. The van der Waals surface area contributed by atoms with Crippen molar-refractivity contribution in [2.75, 3.05) is 17.3 Å². The van der Waals surface area contributed by atoms with Crippen LogP contribution in [-0.2, 0) is 25.8 Å². The van der Waals surface area contributed by atoms with E-state index < -0.39 is 15.6 Å². The standard InChI is InChI=1S/C7H15OS.CHF3O3S/c1-4-9(5-2)6-7(3)8;2-1(3,4)8(5,6)7/h4-6H2,1-3H3;(H,5,6,7)/q+1;/p-1. The Morgan fingerprint density at radius 3 is 1.59 bits per heavy atom. The van der Waals surface area contributed by atoms with E-state index in [1.54, 1.807) is 6.92 Å². The first-order chi connectivity index (χ1) is 7.45. The molecule has 0 bridgehead atoms. The minimum Gasteiger partial charge on any atom is -0.741 e. The van der Waals surface area contributed by atoms with E-state index in [-0.39, 0.29) is 0 Å². The van der Waals surface area contributed by atoms with E-state index in [1.807, 2.05) is 0 Å². The van der Waals surface area contributed by atoms with Gasteiger partial charge in [-0.05, 0) is 31.7 Å². The fourth-order valence-electron chi connectivity index (χ4n) is 0.696. The molecule has 0 amide bonds. The topological polar surface area (TPSA) is 74.3 Å². The summed E-state index contributed by atoms with van der Waals surface area (Å²) in [6.07, 6.45) is 0. The number of Topliss-reactive ketones (excluding diaryl/α,β-unsaturated/α-hetero) is 1. The monoisotopic (exact) mass is 296 g/mol. The Hall–Kier alpha value is -0.280. The van der Waals surface area contributed by atoms with Gasteiger partial charge in [0.25, 0.3) is 0 Å². The summed E-state index contributed by atoms with van der Waals surface area (Å²) in [7, 11) is -5.71. The van der Waals surface area contributed by atoms with Gasteiger partial charge in [-0.15, -0.1) is 0 Å². The van der Waals surface area contributed by atoms with Crippen LogP contribution in [0.3, 0.4) is 0 Å². The van der Waals surface area contributed by atoms with E-state index in [0.717, 1.165) is 17.3 Å². The molecule has 4 nitrogen and oxygen atoms in total. The van der Waals surface area contributed by atoms with Crippen molar-refractivity contribution in [1.29, 1.82) is 0 Å². The third kappa shape index (κ3) is 10.6. The molecule has 104 valence electrons. The van der Waals surface area contributed by atoms with E-state index in [4.69, 9.17) is 13.0 Å². The van der Waals surface area contributed by atoms with Crippen LogP contribution < -0.4 is 0 Å². The van der Waals surface area contributed by atoms with Gasteiger partial charge in [-0.3, -0.25) is 4.79 Å². The fourth-order valence-corrected chi connectivity index (χ4v) is 2.09. The highest BCUT2D eigenvalue weighted by atomic mass is 32.2. The first-order valence-corrected chi connectivity index (χ1v) is 7.75. The molecule has 0 spiro atoms. The third-order valence-corrected chi connectivity index (χ3v) is 4.52. The van der Waals surface area contributed by atoms with Gasteiger partial charge in [0, 0.05) is 0 Å². The summed E-state index contributed by atoms with van der Waals surface area (Å²) in [4.78, 5) is 10.6. The Bertz CT molecular complexity index is 320. The molecule has 0 unspecified atom stereocenters. The maximum Gasteiger partial charge on any atom is 0.485 e. The second-order valence-electron chi connectivity index (χ2n) is 2.94. The second kappa shape index (κ2) is 7.93. The van der Waals surface area contributed by atoms with Crippen LogP contribution >= 0.6 is 0 Å². The minimum absolute atomic E-state index is 0.335. The van der Waals surface area contributed by atoms with Crippen LogP contribution in [0, 0.1) is 0 Å². The molecule has 9 heteroatoms. The molecule has 0 N–H and O–H groups in total. The molecule has 0 atom stereocenters. The van der Waals surface area contributed by atoms with Crippen molar-refractivity contribution >= 4 is 26.8 Å². The van der Waals surface area contributed by atoms with Crippen molar-refractivity contribution in [1.82, 2.24) is 0 Å². The van der Waals surface area contributed by atoms with Crippen LogP contribution in [0.1, 0.15) is 20.8 Å². The molecule has 0 aromatic carbocycles. The highest BCUT2D eigenvalue weighted by Crippen LogP contribution is 2.20. The summed E-state index contributed by atoms with van der Waals surface area (Å²) < 4.78 is 58.9. The van der Waals surface area contributed by atoms with Gasteiger partial charge in [0.15, 0.2) is 21.7 Å². The Morgan fingerprint density at radius 2 is 1.53 bits per heavy atom. The molecule has 0 aliphatic carbocycles. The summed E-state index contributed by atoms with van der Waals surface area (Å²) in [6.45, 7) is 5.97. The number of hydrogen-bond donors (Lipinski definition) is 0. The zero-order valence-electron chi connectivity index (χ0n) is 9.70. The van der Waals surface area contributed by atoms with Gasteiger partial charge in [0.1, 0.15) is 11.5 Å². The lowest BCUT2D eigenvalue weighted by Crippen LogP contribution is -2.21. The number of halogens is 3. The van der Waals surface area contributed by atoms with Crippen LogP contribution in [0.4, 0.5) is 13.2 Å². The summed E-state index contributed by atoms with van der Waals surface area (Å²) in [5.74, 6) is 3.46. The molecule has 0 rings (SSSR count). The number of ketones is 1. The van der Waals surface area contributed by atoms with Gasteiger partial charge < -0.3 is 4.55 Å². The highest BCUT2D eigenvalue weighted by molar-refractivity contribution is 7.97. The van der Waals surface area contributed by atoms with Gasteiger partial charge >= 0.3 is 5.51 Å². The predicted octanol–water partition coefficient (Wildman–Crippen LogP) is 1.28. The molecular weight excluding hydrogens is 281 g/mol. The molecule has 0 aliphatic rings. The largest absolute Gasteiger partial charge is 0.741 e. The Labute approximate surface area is 102 Å². The summed E-state index contributed by atoms with van der Waals surface area (Å²) >= 11 is 0. The average molecular weight is 296 g/mol. The molecule has 17 heavy (non-hydrogen) atoms. The van der Waals surface area contributed by atoms with Crippen LogP contribution in [0.2, 0.25) is 0 Å². The molecule has 0 saturated carbocycles. The Balaban J connectivity index is 0. The first kappa shape index (κ1) is 19.1. The van der Waals surface area contributed by atoms with Gasteiger partial charge in [0.05, 0.1) is 0 Å². The van der Waals surface area contributed by atoms with Crippen molar-refractivity contribution in [2.24, 2.45) is 0 Å². The molecule has 0 saturated heterocycles. The lowest BCUT2D eigenvalue weighted by molar-refractivity contribution is -0.114. The Kier molecular flexibility index (Phi) is 8.90. The number of hydrogen-bond acceptors (Lipinski definition) is 4. The van der Waals surface area contributed by atoms with Crippen LogP contribution in [0.15, 0.2) is 0 Å². The van der Waals surface area contributed by atoms with Crippen LogP contribution in [0.5, 0.6) is 0 Å². The van der Waals surface area contributed by atoms with Crippen molar-refractivity contribution < 1.29 is 30.9 Å². The zero-order valence-corrected chi connectivity index (χ0v) is 11.3. The molecular formula is C8H15F3O4S2. The van der Waals surface area contributed by atoms with E-state index in [2.05, 4.69) is 13.8 Å². The second-order valence-corrected chi connectivity index (χ2v) is 6.98. The number of carbonyl (C=O) groups is 1.